The zero-order chi connectivity index (χ0) is 29.3. The topological polar surface area (TPSA) is 171 Å². The van der Waals surface area contributed by atoms with E-state index in [1.165, 1.54) is 31.4 Å². The minimum absolute atomic E-state index is 0.0209. The van der Waals surface area contributed by atoms with Crippen LogP contribution in [0, 0.1) is 27.2 Å². The van der Waals surface area contributed by atoms with E-state index in [2.05, 4.69) is 21.2 Å². The molecular formula is C25H16BrClN4O9. The van der Waals surface area contributed by atoms with Gasteiger partial charge in [0.15, 0.2) is 11.5 Å². The maximum atomic E-state index is 13.3. The largest absolute Gasteiger partial charge is 0.493 e. The number of carbonyl (C=O) groups is 3. The minimum atomic E-state index is -0.940. The van der Waals surface area contributed by atoms with Gasteiger partial charge in [-0.1, -0.05) is 17.7 Å². The van der Waals surface area contributed by atoms with E-state index >= 15 is 0 Å². The van der Waals surface area contributed by atoms with Crippen molar-refractivity contribution in [2.75, 3.05) is 12.0 Å². The van der Waals surface area contributed by atoms with Crippen molar-refractivity contribution >= 4 is 68.5 Å². The predicted molar refractivity (Wildman–Crippen MR) is 146 cm³/mol. The number of hydrogen-bond acceptors (Lipinski definition) is 9. The summed E-state index contributed by atoms with van der Waals surface area (Å²) in [5, 5.41) is 24.9. The van der Waals surface area contributed by atoms with E-state index in [0.717, 1.165) is 23.1 Å². The van der Waals surface area contributed by atoms with Crippen LogP contribution in [0.5, 0.6) is 17.2 Å². The Balaban J connectivity index is 1.74. The number of barbiturate groups is 1. The molecule has 1 heterocycles. The number of nitrogens with zero attached hydrogens (tertiary/aromatic N) is 3. The fourth-order valence-corrected chi connectivity index (χ4v) is 4.45. The Kier molecular flexibility index (Phi) is 7.84. The molecule has 15 heteroatoms. The highest BCUT2D eigenvalue weighted by atomic mass is 79.9. The number of non-ortho nitro benzene ring substituents is 1. The van der Waals surface area contributed by atoms with Crippen LogP contribution in [0.1, 0.15) is 11.1 Å². The molecule has 13 nitrogen and oxygen atoms in total. The predicted octanol–water partition coefficient (Wildman–Crippen LogP) is 5.69. The molecule has 4 rings (SSSR count). The van der Waals surface area contributed by atoms with Gasteiger partial charge in [0.25, 0.3) is 17.5 Å². The van der Waals surface area contributed by atoms with Crippen molar-refractivity contribution in [1.29, 1.82) is 0 Å². The summed E-state index contributed by atoms with van der Waals surface area (Å²) in [6.07, 6.45) is 1.22. The number of rotatable bonds is 7. The summed E-state index contributed by atoms with van der Waals surface area (Å²) in [4.78, 5) is 60.2. The molecule has 204 valence electrons. The number of methoxy groups -OCH3 is 1. The second-order valence-electron chi connectivity index (χ2n) is 8.19. The first kappa shape index (κ1) is 28.2. The Morgan fingerprint density at radius 1 is 1.00 bits per heavy atom. The molecule has 0 spiro atoms. The number of nitro benzene ring substituents is 2. The molecular weight excluding hydrogens is 616 g/mol. The normalized spacial score (nSPS) is 14.2. The molecule has 1 N–H and O–H groups in total. The number of nitrogens with one attached hydrogen (secondary N) is 1. The van der Waals surface area contributed by atoms with Gasteiger partial charge < -0.3 is 9.47 Å². The number of halogens is 2. The molecule has 4 amide bonds. The number of amides is 4. The number of aryl methyl sites for hydroxylation is 1. The van der Waals surface area contributed by atoms with Gasteiger partial charge in [-0.3, -0.25) is 35.1 Å². The lowest BCUT2D eigenvalue weighted by Crippen LogP contribution is -2.54. The molecule has 0 saturated carbocycles. The summed E-state index contributed by atoms with van der Waals surface area (Å²) in [6, 6.07) is 9.40. The smallest absolute Gasteiger partial charge is 0.335 e. The van der Waals surface area contributed by atoms with Gasteiger partial charge in [0.2, 0.25) is 5.75 Å². The highest BCUT2D eigenvalue weighted by Crippen LogP contribution is 2.43. The van der Waals surface area contributed by atoms with Crippen LogP contribution in [0.3, 0.4) is 0 Å². The van der Waals surface area contributed by atoms with Gasteiger partial charge in [0, 0.05) is 11.1 Å². The van der Waals surface area contributed by atoms with Gasteiger partial charge >= 0.3 is 11.7 Å². The molecule has 0 unspecified atom stereocenters. The third-order valence-corrected chi connectivity index (χ3v) is 6.46. The lowest BCUT2D eigenvalue weighted by Gasteiger charge is -2.27. The van der Waals surface area contributed by atoms with Crippen LogP contribution in [0.4, 0.5) is 21.9 Å². The number of urea groups is 1. The highest BCUT2D eigenvalue weighted by molar-refractivity contribution is 9.10. The fraction of sp³-hybridized carbons (Fsp3) is 0.0800. The van der Waals surface area contributed by atoms with E-state index in [1.54, 1.807) is 19.1 Å². The Morgan fingerprint density at radius 3 is 2.38 bits per heavy atom. The van der Waals surface area contributed by atoms with E-state index in [4.69, 9.17) is 21.1 Å². The van der Waals surface area contributed by atoms with Crippen molar-refractivity contribution in [3.8, 4) is 17.2 Å². The molecule has 1 aliphatic rings. The zero-order valence-electron chi connectivity index (χ0n) is 20.5. The number of ether oxygens (including phenoxy) is 2. The molecule has 3 aromatic rings. The van der Waals surface area contributed by atoms with Gasteiger partial charge in [0.1, 0.15) is 5.57 Å². The van der Waals surface area contributed by atoms with Crippen LogP contribution in [0.25, 0.3) is 6.08 Å². The van der Waals surface area contributed by atoms with E-state index in [1.807, 2.05) is 0 Å². The molecule has 1 aliphatic heterocycles. The van der Waals surface area contributed by atoms with Crippen molar-refractivity contribution in [1.82, 2.24) is 5.32 Å². The third kappa shape index (κ3) is 5.48. The molecule has 0 bridgehead atoms. The Hall–Kier alpha value is -4.82. The van der Waals surface area contributed by atoms with Crippen molar-refractivity contribution in [2.45, 2.75) is 6.92 Å². The van der Waals surface area contributed by atoms with Gasteiger partial charge in [-0.2, -0.15) is 0 Å². The van der Waals surface area contributed by atoms with Crippen molar-refractivity contribution in [3.05, 3.63) is 95.0 Å². The first-order valence-electron chi connectivity index (χ1n) is 11.1. The van der Waals surface area contributed by atoms with Crippen LogP contribution in [0.2, 0.25) is 5.02 Å². The molecule has 40 heavy (non-hydrogen) atoms. The average Bonchev–Trinajstić information content (AvgIpc) is 2.89. The summed E-state index contributed by atoms with van der Waals surface area (Å²) in [6.45, 7) is 1.67. The quantitative estimate of drug-likeness (QED) is 0.149. The van der Waals surface area contributed by atoms with E-state index in [-0.39, 0.29) is 43.6 Å². The molecule has 0 radical (unpaired) electrons. The molecule has 3 aromatic carbocycles. The molecule has 0 aliphatic carbocycles. The number of benzene rings is 3. The maximum absolute atomic E-state index is 13.3. The summed E-state index contributed by atoms with van der Waals surface area (Å²) < 4.78 is 11.2. The van der Waals surface area contributed by atoms with Gasteiger partial charge in [-0.05, 0) is 70.4 Å². The van der Waals surface area contributed by atoms with Crippen molar-refractivity contribution in [2.24, 2.45) is 0 Å². The molecule has 1 fully saturated rings. The van der Waals surface area contributed by atoms with E-state index < -0.39 is 39.1 Å². The van der Waals surface area contributed by atoms with Crippen LogP contribution in [-0.4, -0.2) is 34.8 Å². The van der Waals surface area contributed by atoms with Gasteiger partial charge in [-0.15, -0.1) is 0 Å². The van der Waals surface area contributed by atoms with Gasteiger partial charge in [-0.25, -0.2) is 9.69 Å². The average molecular weight is 632 g/mol. The van der Waals surface area contributed by atoms with E-state index in [9.17, 15) is 34.6 Å². The standard InChI is InChI=1S/C25H16BrClN4O9/c1-12-3-4-14(27)10-18(12)29-24(33)16(23(32)28-25(29)34)7-13-8-17(26)22(21(9-13)39-2)40-20-6-5-15(30(35)36)11-19(20)31(37)38/h3-11H,1-2H3,(H,28,32,34)/b16-7+. The monoisotopic (exact) mass is 630 g/mol. The lowest BCUT2D eigenvalue weighted by atomic mass is 10.1. The van der Waals surface area contributed by atoms with Crippen LogP contribution >= 0.6 is 27.5 Å². The Bertz CT molecular complexity index is 1660. The van der Waals surface area contributed by atoms with Gasteiger partial charge in [0.05, 0.1) is 33.2 Å². The lowest BCUT2D eigenvalue weighted by molar-refractivity contribution is -0.394. The first-order chi connectivity index (χ1) is 18.9. The second kappa shape index (κ2) is 11.1. The number of hydrogen-bond donors (Lipinski definition) is 1. The third-order valence-electron chi connectivity index (χ3n) is 5.64. The number of imide groups is 2. The highest BCUT2D eigenvalue weighted by Gasteiger charge is 2.37. The Morgan fingerprint density at radius 2 is 1.73 bits per heavy atom. The summed E-state index contributed by atoms with van der Waals surface area (Å²) >= 11 is 9.34. The minimum Gasteiger partial charge on any atom is -0.493 e. The molecule has 0 atom stereocenters. The Labute approximate surface area is 238 Å². The number of nitro groups is 2. The molecule has 1 saturated heterocycles. The SMILES string of the molecule is COc1cc(/C=C2\C(=O)NC(=O)N(c3cc(Cl)ccc3C)C2=O)cc(Br)c1Oc1ccc([N+](=O)[O-])cc1[N+](=O)[O-]. The summed E-state index contributed by atoms with van der Waals surface area (Å²) in [5.41, 5.74) is -0.492. The van der Waals surface area contributed by atoms with Crippen LogP contribution in [-0.2, 0) is 9.59 Å². The first-order valence-corrected chi connectivity index (χ1v) is 12.2. The maximum Gasteiger partial charge on any atom is 0.335 e. The number of carbonyl (C=O) groups excluding carboxylic acids is 3. The van der Waals surface area contributed by atoms with Crippen molar-refractivity contribution in [3.63, 3.8) is 0 Å². The fourth-order valence-electron chi connectivity index (χ4n) is 3.75. The summed E-state index contributed by atoms with van der Waals surface area (Å²) in [5.74, 6) is -2.10. The second-order valence-corrected chi connectivity index (χ2v) is 9.48. The van der Waals surface area contributed by atoms with E-state index in [0.29, 0.717) is 5.56 Å². The number of anilines is 1. The molecule has 0 aromatic heterocycles. The zero-order valence-corrected chi connectivity index (χ0v) is 22.8. The summed E-state index contributed by atoms with van der Waals surface area (Å²) in [7, 11) is 1.29. The van der Waals surface area contributed by atoms with Crippen LogP contribution < -0.4 is 19.7 Å². The van der Waals surface area contributed by atoms with Crippen LogP contribution in [0.15, 0.2) is 58.6 Å². The van der Waals surface area contributed by atoms with Crippen molar-refractivity contribution < 1.29 is 33.7 Å².